The van der Waals surface area contributed by atoms with Gasteiger partial charge in [-0.05, 0) is 30.6 Å². The molecule has 136 valence electrons. The standard InChI is InChI=1S/C19H23N5S2/c1-15-4-2-5-16(12-15)13-22-7-9-23(10-8-22)14-24-19(25)20-18(21-24)17-6-3-11-26-17/h2-6,11-12H,7-10,13-14H2,1H3,(H,20,21,25)/p+2. The van der Waals surface area contributed by atoms with E-state index in [9.17, 15) is 0 Å². The number of thiophene rings is 1. The van der Waals surface area contributed by atoms with E-state index in [1.165, 1.54) is 24.2 Å². The topological polar surface area (TPSA) is 42.5 Å². The van der Waals surface area contributed by atoms with Gasteiger partial charge in [-0.2, -0.15) is 4.98 Å². The first kappa shape index (κ1) is 17.6. The summed E-state index contributed by atoms with van der Waals surface area (Å²) in [6.45, 7) is 8.88. The molecular formula is C19H25N5S2+2. The Morgan fingerprint density at radius 3 is 2.69 bits per heavy atom. The fourth-order valence-electron chi connectivity index (χ4n) is 3.61. The van der Waals surface area contributed by atoms with E-state index in [1.807, 2.05) is 10.7 Å². The SMILES string of the molecule is Cc1cccc(C[NH+]2CC[NH+](Cn3[nH]c(-c4cccs4)nc3=S)CC2)c1. The van der Waals surface area contributed by atoms with Crippen molar-refractivity contribution in [2.24, 2.45) is 0 Å². The van der Waals surface area contributed by atoms with Crippen molar-refractivity contribution < 1.29 is 9.80 Å². The Morgan fingerprint density at radius 1 is 1.15 bits per heavy atom. The van der Waals surface area contributed by atoms with Crippen molar-refractivity contribution in [2.45, 2.75) is 20.1 Å². The lowest BCUT2D eigenvalue weighted by atomic mass is 10.1. The van der Waals surface area contributed by atoms with Crippen molar-refractivity contribution >= 4 is 23.6 Å². The van der Waals surface area contributed by atoms with E-state index in [0.717, 1.165) is 37.0 Å². The van der Waals surface area contributed by atoms with Crippen LogP contribution in [0.2, 0.25) is 0 Å². The lowest BCUT2D eigenvalue weighted by molar-refractivity contribution is -1.03. The number of quaternary nitrogens is 2. The number of nitrogens with one attached hydrogen (secondary N) is 3. The van der Waals surface area contributed by atoms with Crippen molar-refractivity contribution in [3.8, 4) is 10.7 Å². The van der Waals surface area contributed by atoms with Crippen LogP contribution >= 0.6 is 23.6 Å². The third-order valence-corrected chi connectivity index (χ3v) is 6.20. The van der Waals surface area contributed by atoms with Crippen LogP contribution in [0.4, 0.5) is 0 Å². The van der Waals surface area contributed by atoms with E-state index in [-0.39, 0.29) is 0 Å². The van der Waals surface area contributed by atoms with Gasteiger partial charge >= 0.3 is 0 Å². The molecule has 4 rings (SSSR count). The molecule has 0 bridgehead atoms. The third-order valence-electron chi connectivity index (χ3n) is 5.02. The molecule has 0 aliphatic carbocycles. The van der Waals surface area contributed by atoms with Crippen LogP contribution in [0.15, 0.2) is 41.8 Å². The Hall–Kier alpha value is -1.80. The summed E-state index contributed by atoms with van der Waals surface area (Å²) in [5.41, 5.74) is 2.79. The molecule has 0 saturated carbocycles. The number of H-pyrrole nitrogens is 1. The van der Waals surface area contributed by atoms with Gasteiger partial charge in [0, 0.05) is 5.56 Å². The number of hydrogen-bond acceptors (Lipinski definition) is 3. The molecule has 3 N–H and O–H groups in total. The molecule has 5 nitrogen and oxygen atoms in total. The number of aromatic amines is 1. The fourth-order valence-corrected chi connectivity index (χ4v) is 4.48. The summed E-state index contributed by atoms with van der Waals surface area (Å²) < 4.78 is 2.67. The molecule has 0 amide bonds. The third kappa shape index (κ3) is 4.12. The molecular weight excluding hydrogens is 362 g/mol. The zero-order chi connectivity index (χ0) is 17.9. The second-order valence-electron chi connectivity index (χ2n) is 7.08. The summed E-state index contributed by atoms with van der Waals surface area (Å²) >= 11 is 7.13. The van der Waals surface area contributed by atoms with Gasteiger partial charge in [0.15, 0.2) is 12.5 Å². The molecule has 0 spiro atoms. The summed E-state index contributed by atoms with van der Waals surface area (Å²) in [6, 6.07) is 13.0. The zero-order valence-corrected chi connectivity index (χ0v) is 16.6. The second-order valence-corrected chi connectivity index (χ2v) is 8.40. The lowest BCUT2D eigenvalue weighted by Crippen LogP contribution is -3.27. The first-order valence-corrected chi connectivity index (χ1v) is 10.4. The number of hydrogen-bond donors (Lipinski definition) is 3. The molecule has 1 fully saturated rings. The zero-order valence-electron chi connectivity index (χ0n) is 15.0. The van der Waals surface area contributed by atoms with Crippen LogP contribution in [0.1, 0.15) is 11.1 Å². The van der Waals surface area contributed by atoms with Crippen molar-refractivity contribution in [3.63, 3.8) is 0 Å². The minimum absolute atomic E-state index is 0.649. The van der Waals surface area contributed by atoms with Crippen LogP contribution < -0.4 is 9.80 Å². The molecule has 1 aliphatic heterocycles. The smallest absolute Gasteiger partial charge is 0.221 e. The van der Waals surface area contributed by atoms with E-state index in [4.69, 9.17) is 12.2 Å². The van der Waals surface area contributed by atoms with Gasteiger partial charge in [-0.15, -0.1) is 11.3 Å². The normalized spacial score (nSPS) is 20.3. The Labute approximate surface area is 162 Å². The summed E-state index contributed by atoms with van der Waals surface area (Å²) in [6.07, 6.45) is 0. The number of aromatic nitrogens is 3. The van der Waals surface area contributed by atoms with Crippen LogP contribution in [0, 0.1) is 11.7 Å². The molecule has 2 aromatic heterocycles. The van der Waals surface area contributed by atoms with Gasteiger partial charge in [0.05, 0.1) is 4.88 Å². The van der Waals surface area contributed by atoms with Crippen LogP contribution in [0.25, 0.3) is 10.7 Å². The van der Waals surface area contributed by atoms with Gasteiger partial charge in [0.25, 0.3) is 0 Å². The van der Waals surface area contributed by atoms with Gasteiger partial charge in [-0.25, -0.2) is 4.68 Å². The Bertz CT molecular complexity index is 904. The lowest BCUT2D eigenvalue weighted by Gasteiger charge is -2.29. The first-order valence-electron chi connectivity index (χ1n) is 9.11. The number of nitrogens with zero attached hydrogens (tertiary/aromatic N) is 2. The van der Waals surface area contributed by atoms with Gasteiger partial charge in [-0.3, -0.25) is 5.10 Å². The first-order chi connectivity index (χ1) is 12.7. The van der Waals surface area contributed by atoms with E-state index in [0.29, 0.717) is 4.77 Å². The van der Waals surface area contributed by atoms with Crippen molar-refractivity contribution in [1.82, 2.24) is 14.8 Å². The molecule has 0 radical (unpaired) electrons. The summed E-state index contributed by atoms with van der Waals surface area (Å²) in [5, 5.41) is 5.43. The average Bonchev–Trinajstić information content (AvgIpc) is 3.27. The largest absolute Gasteiger partial charge is 0.322 e. The van der Waals surface area contributed by atoms with E-state index in [1.54, 1.807) is 21.1 Å². The predicted molar refractivity (Wildman–Crippen MR) is 107 cm³/mol. The van der Waals surface area contributed by atoms with Crippen LogP contribution in [-0.4, -0.2) is 40.9 Å². The highest BCUT2D eigenvalue weighted by atomic mass is 32.1. The van der Waals surface area contributed by atoms with Crippen LogP contribution in [0.5, 0.6) is 0 Å². The van der Waals surface area contributed by atoms with E-state index < -0.39 is 0 Å². The van der Waals surface area contributed by atoms with E-state index in [2.05, 4.69) is 52.7 Å². The van der Waals surface area contributed by atoms with Crippen molar-refractivity contribution in [1.29, 1.82) is 0 Å². The minimum atomic E-state index is 0.649. The summed E-state index contributed by atoms with van der Waals surface area (Å²) in [4.78, 5) is 8.89. The highest BCUT2D eigenvalue weighted by Gasteiger charge is 2.23. The van der Waals surface area contributed by atoms with Gasteiger partial charge in [0.2, 0.25) is 4.77 Å². The van der Waals surface area contributed by atoms with Crippen LogP contribution in [0.3, 0.4) is 0 Å². The molecule has 7 heteroatoms. The molecule has 0 atom stereocenters. The average molecular weight is 388 g/mol. The monoisotopic (exact) mass is 387 g/mol. The van der Waals surface area contributed by atoms with Gasteiger partial charge < -0.3 is 9.80 Å². The van der Waals surface area contributed by atoms with Crippen LogP contribution in [-0.2, 0) is 13.2 Å². The number of rotatable bonds is 5. The molecule has 3 aromatic rings. The molecule has 0 unspecified atom stereocenters. The molecule has 1 saturated heterocycles. The summed E-state index contributed by atoms with van der Waals surface area (Å²) in [5.74, 6) is 0.883. The maximum absolute atomic E-state index is 5.44. The molecule has 26 heavy (non-hydrogen) atoms. The molecule has 3 heterocycles. The van der Waals surface area contributed by atoms with Crippen molar-refractivity contribution in [3.05, 3.63) is 57.7 Å². The Kier molecular flexibility index (Phi) is 5.31. The van der Waals surface area contributed by atoms with E-state index >= 15 is 0 Å². The number of aryl methyl sites for hydroxylation is 1. The second kappa shape index (κ2) is 7.84. The Morgan fingerprint density at radius 2 is 1.96 bits per heavy atom. The number of benzene rings is 1. The molecule has 1 aromatic carbocycles. The number of piperazine rings is 1. The summed E-state index contributed by atoms with van der Waals surface area (Å²) in [7, 11) is 0. The quantitative estimate of drug-likeness (QED) is 0.570. The highest BCUT2D eigenvalue weighted by molar-refractivity contribution is 7.71. The maximum Gasteiger partial charge on any atom is 0.221 e. The fraction of sp³-hybridized carbons (Fsp3) is 0.368. The maximum atomic E-state index is 5.44. The Balaban J connectivity index is 1.33. The minimum Gasteiger partial charge on any atom is -0.322 e. The van der Waals surface area contributed by atoms with Gasteiger partial charge in [-0.1, -0.05) is 35.9 Å². The highest BCUT2D eigenvalue weighted by Crippen LogP contribution is 2.20. The van der Waals surface area contributed by atoms with Gasteiger partial charge in [0.1, 0.15) is 32.7 Å². The predicted octanol–water partition coefficient (Wildman–Crippen LogP) is 0.919. The van der Waals surface area contributed by atoms with Crippen molar-refractivity contribution in [2.75, 3.05) is 26.2 Å². The molecule has 1 aliphatic rings.